The Kier molecular flexibility index (Phi) is 7.18. The molecule has 0 aliphatic rings. The molecule has 5 nitrogen and oxygen atoms in total. The molecular weight excluding hydrogens is 242 g/mol. The van der Waals surface area contributed by atoms with Crippen LogP contribution in [0, 0.1) is 0 Å². The monoisotopic (exact) mass is 267 g/mol. The zero-order valence-electron chi connectivity index (χ0n) is 12.3. The van der Waals surface area contributed by atoms with Gasteiger partial charge in [-0.1, -0.05) is 0 Å². The van der Waals surface area contributed by atoms with Gasteiger partial charge in [0.05, 0.1) is 12.2 Å². The molecule has 0 radical (unpaired) electrons. The van der Waals surface area contributed by atoms with Crippen molar-refractivity contribution in [2.45, 2.75) is 52.7 Å². The molecule has 0 saturated heterocycles. The molecule has 0 aromatic carbocycles. The van der Waals surface area contributed by atoms with Crippen LogP contribution in [0.25, 0.3) is 0 Å². The highest BCUT2D eigenvalue weighted by Gasteiger charge is 2.01. The zero-order valence-corrected chi connectivity index (χ0v) is 12.3. The Hall–Kier alpha value is -1.36. The lowest BCUT2D eigenvalue weighted by molar-refractivity contribution is 0.0765. The number of anilines is 1. The molecule has 5 heteroatoms. The number of hydrogen-bond donors (Lipinski definition) is 1. The van der Waals surface area contributed by atoms with Crippen molar-refractivity contribution in [3.8, 4) is 5.88 Å². The summed E-state index contributed by atoms with van der Waals surface area (Å²) in [6.07, 6.45) is 4.20. The van der Waals surface area contributed by atoms with Crippen molar-refractivity contribution in [3.05, 3.63) is 12.3 Å². The summed E-state index contributed by atoms with van der Waals surface area (Å²) in [4.78, 5) is 8.44. The van der Waals surface area contributed by atoms with Gasteiger partial charge in [-0.05, 0) is 40.5 Å². The summed E-state index contributed by atoms with van der Waals surface area (Å²) in [5.74, 6) is 1.22. The van der Waals surface area contributed by atoms with E-state index in [-0.39, 0.29) is 6.10 Å². The van der Waals surface area contributed by atoms with Crippen molar-refractivity contribution < 1.29 is 9.47 Å². The molecule has 0 atom stereocenters. The second-order valence-electron chi connectivity index (χ2n) is 4.94. The molecule has 1 rings (SSSR count). The molecule has 1 N–H and O–H groups in total. The number of rotatable bonds is 9. The van der Waals surface area contributed by atoms with Crippen LogP contribution in [-0.2, 0) is 4.74 Å². The molecule has 1 aromatic heterocycles. The fraction of sp³-hybridized carbons (Fsp3) is 0.714. The molecule has 108 valence electrons. The largest absolute Gasteiger partial charge is 0.475 e. The van der Waals surface area contributed by atoms with E-state index in [1.807, 2.05) is 27.7 Å². The Morgan fingerprint density at radius 2 is 1.95 bits per heavy atom. The van der Waals surface area contributed by atoms with E-state index < -0.39 is 0 Å². The topological polar surface area (TPSA) is 56.3 Å². The van der Waals surface area contributed by atoms with E-state index in [9.17, 15) is 0 Å². The molecule has 0 saturated carbocycles. The molecule has 0 spiro atoms. The van der Waals surface area contributed by atoms with Gasteiger partial charge < -0.3 is 14.8 Å². The first kappa shape index (κ1) is 15.7. The van der Waals surface area contributed by atoms with Crippen LogP contribution in [0.1, 0.15) is 40.5 Å². The molecule has 0 bridgehead atoms. The van der Waals surface area contributed by atoms with Gasteiger partial charge in [0.15, 0.2) is 0 Å². The summed E-state index contributed by atoms with van der Waals surface area (Å²) >= 11 is 0. The Morgan fingerprint density at radius 3 is 2.63 bits per heavy atom. The van der Waals surface area contributed by atoms with Crippen LogP contribution in [0.4, 0.5) is 5.95 Å². The standard InChI is InChI=1S/C14H25N3O2/c1-11(2)18-10-6-5-8-15-14-16-9-7-13(17-14)19-12(3)4/h7,9,11-12H,5-6,8,10H2,1-4H3,(H,15,16,17). The lowest BCUT2D eigenvalue weighted by Gasteiger charge is -2.10. The highest BCUT2D eigenvalue weighted by Crippen LogP contribution is 2.10. The SMILES string of the molecule is CC(C)OCCCCNc1nccc(OC(C)C)n1. The lowest BCUT2D eigenvalue weighted by atomic mass is 10.3. The van der Waals surface area contributed by atoms with Gasteiger partial charge in [-0.15, -0.1) is 0 Å². The van der Waals surface area contributed by atoms with Crippen molar-refractivity contribution in [1.29, 1.82) is 0 Å². The van der Waals surface area contributed by atoms with Gasteiger partial charge >= 0.3 is 0 Å². The van der Waals surface area contributed by atoms with E-state index in [2.05, 4.69) is 15.3 Å². The molecule has 1 heterocycles. The Labute approximate surface area is 115 Å². The summed E-state index contributed by atoms with van der Waals surface area (Å²) in [5.41, 5.74) is 0. The van der Waals surface area contributed by atoms with E-state index in [1.54, 1.807) is 12.3 Å². The average Bonchev–Trinajstić information content (AvgIpc) is 2.33. The number of aromatic nitrogens is 2. The summed E-state index contributed by atoms with van der Waals surface area (Å²) in [7, 11) is 0. The van der Waals surface area contributed by atoms with Crippen molar-refractivity contribution >= 4 is 5.95 Å². The van der Waals surface area contributed by atoms with Gasteiger partial charge in [-0.3, -0.25) is 0 Å². The van der Waals surface area contributed by atoms with Crippen LogP contribution in [0.5, 0.6) is 5.88 Å². The number of hydrogen-bond acceptors (Lipinski definition) is 5. The fourth-order valence-electron chi connectivity index (χ4n) is 1.48. The number of nitrogens with zero attached hydrogens (tertiary/aromatic N) is 2. The van der Waals surface area contributed by atoms with Crippen molar-refractivity contribution in [2.24, 2.45) is 0 Å². The van der Waals surface area contributed by atoms with E-state index >= 15 is 0 Å². The molecule has 0 aliphatic carbocycles. The van der Waals surface area contributed by atoms with Crippen molar-refractivity contribution in [3.63, 3.8) is 0 Å². The highest BCUT2D eigenvalue weighted by atomic mass is 16.5. The number of ether oxygens (including phenoxy) is 2. The van der Waals surface area contributed by atoms with E-state index in [1.165, 1.54) is 0 Å². The van der Waals surface area contributed by atoms with Crippen LogP contribution < -0.4 is 10.1 Å². The Bertz CT molecular complexity index is 356. The van der Waals surface area contributed by atoms with E-state index in [0.717, 1.165) is 26.0 Å². The minimum atomic E-state index is 0.121. The predicted molar refractivity (Wildman–Crippen MR) is 76.6 cm³/mol. The third kappa shape index (κ3) is 7.62. The summed E-state index contributed by atoms with van der Waals surface area (Å²) in [5, 5.41) is 3.19. The van der Waals surface area contributed by atoms with Gasteiger partial charge in [-0.25, -0.2) is 4.98 Å². The number of nitrogens with one attached hydrogen (secondary N) is 1. The quantitative estimate of drug-likeness (QED) is 0.697. The predicted octanol–water partition coefficient (Wildman–Crippen LogP) is 2.88. The molecule has 0 unspecified atom stereocenters. The Balaban J connectivity index is 2.22. The first-order valence-corrected chi connectivity index (χ1v) is 6.93. The molecular formula is C14H25N3O2. The lowest BCUT2D eigenvalue weighted by Crippen LogP contribution is -2.10. The van der Waals surface area contributed by atoms with Gasteiger partial charge in [0.25, 0.3) is 0 Å². The highest BCUT2D eigenvalue weighted by molar-refractivity contribution is 5.27. The van der Waals surface area contributed by atoms with Gasteiger partial charge in [0.2, 0.25) is 11.8 Å². The summed E-state index contributed by atoms with van der Waals surface area (Å²) in [6, 6.07) is 1.77. The first-order valence-electron chi connectivity index (χ1n) is 6.93. The maximum absolute atomic E-state index is 5.51. The van der Waals surface area contributed by atoms with Crippen molar-refractivity contribution in [2.75, 3.05) is 18.5 Å². The first-order chi connectivity index (χ1) is 9.08. The fourth-order valence-corrected chi connectivity index (χ4v) is 1.48. The van der Waals surface area contributed by atoms with E-state index in [0.29, 0.717) is 17.9 Å². The van der Waals surface area contributed by atoms with Gasteiger partial charge in [0.1, 0.15) is 0 Å². The van der Waals surface area contributed by atoms with Crippen LogP contribution in [0.15, 0.2) is 12.3 Å². The molecule has 0 amide bonds. The van der Waals surface area contributed by atoms with Gasteiger partial charge in [-0.2, -0.15) is 4.98 Å². The molecule has 0 fully saturated rings. The van der Waals surface area contributed by atoms with Crippen molar-refractivity contribution in [1.82, 2.24) is 9.97 Å². The smallest absolute Gasteiger partial charge is 0.225 e. The third-order valence-corrected chi connectivity index (χ3v) is 2.29. The van der Waals surface area contributed by atoms with Gasteiger partial charge in [0, 0.05) is 25.4 Å². The van der Waals surface area contributed by atoms with Crippen LogP contribution in [0.3, 0.4) is 0 Å². The molecule has 1 aromatic rings. The Morgan fingerprint density at radius 1 is 1.16 bits per heavy atom. The van der Waals surface area contributed by atoms with Crippen LogP contribution in [0.2, 0.25) is 0 Å². The van der Waals surface area contributed by atoms with Crippen LogP contribution in [-0.4, -0.2) is 35.3 Å². The van der Waals surface area contributed by atoms with E-state index in [4.69, 9.17) is 9.47 Å². The average molecular weight is 267 g/mol. The summed E-state index contributed by atoms with van der Waals surface area (Å²) in [6.45, 7) is 9.69. The number of unbranched alkanes of at least 4 members (excludes halogenated alkanes) is 1. The zero-order chi connectivity index (χ0) is 14.1. The molecule has 19 heavy (non-hydrogen) atoms. The third-order valence-electron chi connectivity index (χ3n) is 2.29. The normalized spacial score (nSPS) is 11.1. The minimum Gasteiger partial charge on any atom is -0.475 e. The maximum Gasteiger partial charge on any atom is 0.225 e. The minimum absolute atomic E-state index is 0.121. The molecule has 0 aliphatic heterocycles. The second kappa shape index (κ2) is 8.69. The summed E-state index contributed by atoms with van der Waals surface area (Å²) < 4.78 is 11.0. The maximum atomic E-state index is 5.51. The second-order valence-corrected chi connectivity index (χ2v) is 4.94. The van der Waals surface area contributed by atoms with Crippen LogP contribution >= 0.6 is 0 Å².